The van der Waals surface area contributed by atoms with Crippen molar-refractivity contribution < 1.29 is 5.11 Å². The molecule has 2 rings (SSSR count). The van der Waals surface area contributed by atoms with Crippen LogP contribution in [0.5, 0.6) is 0 Å². The van der Waals surface area contributed by atoms with E-state index in [0.717, 1.165) is 5.92 Å². The Bertz CT molecular complexity index is 362. The number of benzene rings is 1. The average molecular weight is 246 g/mol. The molecule has 1 saturated carbocycles. The smallest absolute Gasteiger partial charge is 0.0820 e. The number of aryl methyl sites for hydroxylation is 2. The van der Waals surface area contributed by atoms with E-state index < -0.39 is 0 Å². The maximum atomic E-state index is 7.86. The highest BCUT2D eigenvalue weighted by Gasteiger charge is 2.18. The molecule has 0 spiro atoms. The molecule has 1 heteroatoms. The fourth-order valence-corrected chi connectivity index (χ4v) is 2.86. The van der Waals surface area contributed by atoms with Gasteiger partial charge in [-0.15, -0.1) is 0 Å². The fourth-order valence-electron chi connectivity index (χ4n) is 2.86. The van der Waals surface area contributed by atoms with Crippen LogP contribution in [-0.4, -0.2) is 5.11 Å². The van der Waals surface area contributed by atoms with E-state index in [1.807, 2.05) is 0 Å². The lowest BCUT2D eigenvalue weighted by Crippen LogP contribution is -2.07. The van der Waals surface area contributed by atoms with Crippen LogP contribution in [0, 0.1) is 13.8 Å². The van der Waals surface area contributed by atoms with Crippen molar-refractivity contribution in [2.24, 2.45) is 0 Å². The number of aliphatic hydroxyl groups excluding tert-OH is 1. The minimum Gasteiger partial charge on any atom is -0.513 e. The monoisotopic (exact) mass is 246 g/mol. The van der Waals surface area contributed by atoms with Crippen molar-refractivity contribution in [2.45, 2.75) is 58.8 Å². The fraction of sp³-hybridized carbons (Fsp3) is 0.529. The number of aliphatic hydroxyl groups is 1. The largest absolute Gasteiger partial charge is 0.513 e. The summed E-state index contributed by atoms with van der Waals surface area (Å²) in [5, 5.41) is 7.86. The van der Waals surface area contributed by atoms with Crippen LogP contribution in [0.1, 0.15) is 61.6 Å². The quantitative estimate of drug-likeness (QED) is 0.655. The van der Waals surface area contributed by atoms with Gasteiger partial charge in [0.2, 0.25) is 0 Å². The number of allylic oxidation sites excluding steroid dienone is 1. The van der Waals surface area contributed by atoms with E-state index in [2.05, 4.69) is 38.6 Å². The molecular weight excluding hydrogens is 220 g/mol. The average Bonchev–Trinajstić information content (AvgIpc) is 2.29. The molecule has 1 aliphatic carbocycles. The molecule has 1 aromatic carbocycles. The molecule has 0 saturated heterocycles. The van der Waals surface area contributed by atoms with Crippen molar-refractivity contribution in [3.05, 3.63) is 47.2 Å². The molecule has 0 bridgehead atoms. The van der Waals surface area contributed by atoms with Crippen molar-refractivity contribution >= 4 is 0 Å². The standard InChI is InChI=1S/C14H20.C3H6O/c1-11-7-6-8-12(2)14(11)13-9-4-3-5-10-13;1-3(2)4/h6-8,13H,3-5,9-10H2,1-2H3;4H,1H2,2H3. The van der Waals surface area contributed by atoms with Gasteiger partial charge >= 0.3 is 0 Å². The summed E-state index contributed by atoms with van der Waals surface area (Å²) in [6.07, 6.45) is 7.12. The molecule has 0 heterocycles. The summed E-state index contributed by atoms with van der Waals surface area (Å²) in [6, 6.07) is 6.70. The van der Waals surface area contributed by atoms with Crippen LogP contribution in [-0.2, 0) is 0 Å². The SMILES string of the molecule is C=C(C)O.Cc1cccc(C)c1C1CCCCC1. The van der Waals surface area contributed by atoms with E-state index in [1.54, 1.807) is 5.56 Å². The summed E-state index contributed by atoms with van der Waals surface area (Å²) in [7, 11) is 0. The van der Waals surface area contributed by atoms with Crippen molar-refractivity contribution in [1.82, 2.24) is 0 Å². The van der Waals surface area contributed by atoms with Crippen LogP contribution >= 0.6 is 0 Å². The Morgan fingerprint density at radius 1 is 1.11 bits per heavy atom. The zero-order valence-electron chi connectivity index (χ0n) is 12.0. The number of hydrogen-bond donors (Lipinski definition) is 1. The van der Waals surface area contributed by atoms with E-state index >= 15 is 0 Å². The van der Waals surface area contributed by atoms with Gasteiger partial charge in [0, 0.05) is 0 Å². The van der Waals surface area contributed by atoms with E-state index in [-0.39, 0.29) is 5.76 Å². The minimum atomic E-state index is 0.167. The molecule has 1 aromatic rings. The summed E-state index contributed by atoms with van der Waals surface area (Å²) < 4.78 is 0. The lowest BCUT2D eigenvalue weighted by molar-refractivity contribution is 0.417. The van der Waals surface area contributed by atoms with Crippen LogP contribution in [0.3, 0.4) is 0 Å². The van der Waals surface area contributed by atoms with Gasteiger partial charge in [-0.1, -0.05) is 44.0 Å². The molecule has 0 aliphatic heterocycles. The van der Waals surface area contributed by atoms with E-state index in [1.165, 1.54) is 50.2 Å². The third-order valence-corrected chi connectivity index (χ3v) is 3.56. The van der Waals surface area contributed by atoms with E-state index in [4.69, 9.17) is 5.11 Å². The zero-order valence-corrected chi connectivity index (χ0v) is 12.0. The number of hydrogen-bond acceptors (Lipinski definition) is 1. The second-order valence-electron chi connectivity index (χ2n) is 5.38. The minimum absolute atomic E-state index is 0.167. The molecule has 1 fully saturated rings. The lowest BCUT2D eigenvalue weighted by Gasteiger charge is -2.25. The third kappa shape index (κ3) is 4.56. The molecule has 0 atom stereocenters. The van der Waals surface area contributed by atoms with Crippen LogP contribution in [0.25, 0.3) is 0 Å². The highest BCUT2D eigenvalue weighted by molar-refractivity contribution is 5.36. The van der Waals surface area contributed by atoms with Gasteiger partial charge in [-0.2, -0.15) is 0 Å². The van der Waals surface area contributed by atoms with Crippen molar-refractivity contribution in [1.29, 1.82) is 0 Å². The molecule has 0 aromatic heterocycles. The zero-order chi connectivity index (χ0) is 13.5. The summed E-state index contributed by atoms with van der Waals surface area (Å²) in [4.78, 5) is 0. The first-order valence-corrected chi connectivity index (χ1v) is 6.93. The van der Waals surface area contributed by atoms with E-state index in [9.17, 15) is 0 Å². The van der Waals surface area contributed by atoms with E-state index in [0.29, 0.717) is 0 Å². The molecule has 0 unspecified atom stereocenters. The molecule has 18 heavy (non-hydrogen) atoms. The topological polar surface area (TPSA) is 20.2 Å². The Kier molecular flexibility index (Phi) is 5.97. The Labute approximate surface area is 112 Å². The van der Waals surface area contributed by atoms with Gasteiger partial charge in [-0.05, 0) is 56.2 Å². The second-order valence-corrected chi connectivity index (χ2v) is 5.38. The first kappa shape index (κ1) is 14.8. The van der Waals surface area contributed by atoms with Gasteiger partial charge in [0.25, 0.3) is 0 Å². The normalized spacial score (nSPS) is 15.7. The molecular formula is C17H26O. The first-order valence-electron chi connectivity index (χ1n) is 6.93. The first-order chi connectivity index (χ1) is 8.52. The summed E-state index contributed by atoms with van der Waals surface area (Å²) >= 11 is 0. The maximum absolute atomic E-state index is 7.86. The Balaban J connectivity index is 0.000000357. The summed E-state index contributed by atoms with van der Waals surface area (Å²) in [5.74, 6) is 1.02. The highest BCUT2D eigenvalue weighted by atomic mass is 16.3. The molecule has 0 amide bonds. The van der Waals surface area contributed by atoms with Crippen molar-refractivity contribution in [3.63, 3.8) is 0 Å². The van der Waals surface area contributed by atoms with Gasteiger partial charge in [0.1, 0.15) is 0 Å². The van der Waals surface area contributed by atoms with Gasteiger partial charge in [-0.25, -0.2) is 0 Å². The molecule has 1 aliphatic rings. The van der Waals surface area contributed by atoms with Crippen LogP contribution in [0.2, 0.25) is 0 Å². The lowest BCUT2D eigenvalue weighted by atomic mass is 9.80. The predicted octanol–water partition coefficient (Wildman–Crippen LogP) is 5.43. The van der Waals surface area contributed by atoms with Crippen LogP contribution < -0.4 is 0 Å². The highest BCUT2D eigenvalue weighted by Crippen LogP contribution is 2.35. The molecule has 1 nitrogen and oxygen atoms in total. The van der Waals surface area contributed by atoms with Gasteiger partial charge in [0.05, 0.1) is 5.76 Å². The third-order valence-electron chi connectivity index (χ3n) is 3.56. The van der Waals surface area contributed by atoms with Crippen LogP contribution in [0.4, 0.5) is 0 Å². The van der Waals surface area contributed by atoms with Gasteiger partial charge in [-0.3, -0.25) is 0 Å². The second kappa shape index (κ2) is 7.25. The predicted molar refractivity (Wildman–Crippen MR) is 79.2 cm³/mol. The Morgan fingerprint density at radius 3 is 2.00 bits per heavy atom. The van der Waals surface area contributed by atoms with Gasteiger partial charge < -0.3 is 5.11 Å². The van der Waals surface area contributed by atoms with Gasteiger partial charge in [0.15, 0.2) is 0 Å². The molecule has 100 valence electrons. The van der Waals surface area contributed by atoms with Crippen molar-refractivity contribution in [3.8, 4) is 0 Å². The van der Waals surface area contributed by atoms with Crippen molar-refractivity contribution in [2.75, 3.05) is 0 Å². The van der Waals surface area contributed by atoms with Crippen LogP contribution in [0.15, 0.2) is 30.5 Å². The summed E-state index contributed by atoms with van der Waals surface area (Å²) in [6.45, 7) is 9.16. The number of rotatable bonds is 1. The maximum Gasteiger partial charge on any atom is 0.0820 e. The molecule has 0 radical (unpaired) electrons. The Morgan fingerprint density at radius 2 is 1.56 bits per heavy atom. The molecule has 1 N–H and O–H groups in total. The summed E-state index contributed by atoms with van der Waals surface area (Å²) in [5.41, 5.74) is 4.64. The Hall–Kier alpha value is -1.24.